The third-order valence-electron chi connectivity index (χ3n) is 4.58. The summed E-state index contributed by atoms with van der Waals surface area (Å²) < 4.78 is 28.7. The Bertz CT molecular complexity index is 1390. The maximum absolute atomic E-state index is 13.1. The molecule has 0 aliphatic rings. The van der Waals surface area contributed by atoms with Crippen LogP contribution in [0.2, 0.25) is 5.02 Å². The second-order valence-corrected chi connectivity index (χ2v) is 8.99. The van der Waals surface area contributed by atoms with Crippen LogP contribution in [-0.4, -0.2) is 39.4 Å². The molecule has 0 radical (unpaired) electrons. The fourth-order valence-corrected chi connectivity index (χ4v) is 4.37. The van der Waals surface area contributed by atoms with E-state index >= 15 is 0 Å². The van der Waals surface area contributed by atoms with Crippen LogP contribution in [0.3, 0.4) is 0 Å². The van der Waals surface area contributed by atoms with Gasteiger partial charge >= 0.3 is 0 Å². The van der Waals surface area contributed by atoms with E-state index in [0.717, 1.165) is 0 Å². The number of carbonyl (C=O) groups is 1. The number of carbonyl (C=O) groups excluding carboxylic acids is 1. The zero-order valence-corrected chi connectivity index (χ0v) is 18.4. The number of benzene rings is 2. The summed E-state index contributed by atoms with van der Waals surface area (Å²) >= 11 is 6.10. The van der Waals surface area contributed by atoms with Crippen molar-refractivity contribution in [1.29, 1.82) is 0 Å². The largest absolute Gasteiger partial charge is 0.294 e. The molecular weight excluding hydrogens is 452 g/mol. The van der Waals surface area contributed by atoms with Gasteiger partial charge in [-0.3, -0.25) is 14.5 Å². The van der Waals surface area contributed by atoms with Crippen LogP contribution in [0.1, 0.15) is 15.9 Å². The highest BCUT2D eigenvalue weighted by atomic mass is 35.5. The Hall–Kier alpha value is -3.63. The number of hydrogen-bond acceptors (Lipinski definition) is 7. The number of sulfonamides is 1. The number of hydrogen-bond donors (Lipinski definition) is 1. The van der Waals surface area contributed by atoms with Crippen LogP contribution in [0.4, 0.5) is 5.69 Å². The quantitative estimate of drug-likeness (QED) is 0.413. The van der Waals surface area contributed by atoms with E-state index in [-0.39, 0.29) is 22.8 Å². The first-order valence-electron chi connectivity index (χ1n) is 9.41. The second kappa shape index (κ2) is 8.85. The summed E-state index contributed by atoms with van der Waals surface area (Å²) in [5.41, 5.74) is 1.69. The van der Waals surface area contributed by atoms with Crippen LogP contribution in [0.5, 0.6) is 0 Å². The number of aryl methyl sites for hydroxylation is 1. The molecule has 0 saturated heterocycles. The predicted molar refractivity (Wildman–Crippen MR) is 119 cm³/mol. The maximum Gasteiger partial charge on any atom is 0.261 e. The highest BCUT2D eigenvalue weighted by Gasteiger charge is 2.19. The molecule has 32 heavy (non-hydrogen) atoms. The molecule has 0 aliphatic heterocycles. The number of nitrogens with zero attached hydrogens (tertiary/aromatic N) is 5. The minimum atomic E-state index is -3.97. The minimum absolute atomic E-state index is 0.0174. The zero-order chi connectivity index (χ0) is 22.7. The van der Waals surface area contributed by atoms with Crippen molar-refractivity contribution in [3.05, 3.63) is 83.1 Å². The van der Waals surface area contributed by atoms with E-state index in [4.69, 9.17) is 11.6 Å². The van der Waals surface area contributed by atoms with Crippen molar-refractivity contribution in [3.8, 4) is 11.4 Å². The molecule has 0 fully saturated rings. The molecule has 0 atom stereocenters. The molecular formula is C21H17ClN6O3S. The van der Waals surface area contributed by atoms with E-state index in [1.807, 2.05) is 0 Å². The maximum atomic E-state index is 13.1. The number of aromatic nitrogens is 5. The molecule has 4 aromatic rings. The number of Topliss-reactive ketones (excluding diaryl/α,β-unsaturated/α-hetero) is 1. The first-order valence-corrected chi connectivity index (χ1v) is 11.3. The summed E-state index contributed by atoms with van der Waals surface area (Å²) in [7, 11) is -2.35. The van der Waals surface area contributed by atoms with Gasteiger partial charge in [-0.2, -0.15) is 4.80 Å². The van der Waals surface area contributed by atoms with Crippen molar-refractivity contribution >= 4 is 33.1 Å². The Morgan fingerprint density at radius 2 is 1.88 bits per heavy atom. The molecule has 0 unspecified atom stereocenters. The van der Waals surface area contributed by atoms with E-state index in [0.29, 0.717) is 27.5 Å². The average molecular weight is 469 g/mol. The van der Waals surface area contributed by atoms with Gasteiger partial charge in [0.1, 0.15) is 0 Å². The number of rotatable bonds is 7. The molecule has 0 saturated carbocycles. The Balaban J connectivity index is 1.63. The number of tetrazole rings is 1. The van der Waals surface area contributed by atoms with Gasteiger partial charge in [-0.1, -0.05) is 23.7 Å². The monoisotopic (exact) mass is 468 g/mol. The Morgan fingerprint density at radius 3 is 2.59 bits per heavy atom. The molecule has 2 aromatic carbocycles. The van der Waals surface area contributed by atoms with Crippen LogP contribution in [0.25, 0.3) is 11.4 Å². The van der Waals surface area contributed by atoms with E-state index < -0.39 is 10.0 Å². The SMILES string of the molecule is Cn1nnc(-c2cccc(S(=O)(=O)Nc3ccc(Cl)cc3CC(=O)c3ccncc3)c2)n1. The molecule has 2 heterocycles. The normalized spacial score (nSPS) is 11.3. The minimum Gasteiger partial charge on any atom is -0.294 e. The van der Waals surface area contributed by atoms with Crippen molar-refractivity contribution < 1.29 is 13.2 Å². The first kappa shape index (κ1) is 21.6. The van der Waals surface area contributed by atoms with Gasteiger partial charge in [-0.15, -0.1) is 10.2 Å². The van der Waals surface area contributed by atoms with E-state index in [1.54, 1.807) is 43.4 Å². The van der Waals surface area contributed by atoms with Gasteiger partial charge in [-0.25, -0.2) is 8.42 Å². The van der Waals surface area contributed by atoms with Crippen molar-refractivity contribution in [3.63, 3.8) is 0 Å². The lowest BCUT2D eigenvalue weighted by Gasteiger charge is -2.13. The molecule has 0 aliphatic carbocycles. The standard InChI is InChI=1S/C21H17ClN6O3S/c1-28-25-21(24-27-28)15-3-2-4-18(12-15)32(30,31)26-19-6-5-17(22)11-16(19)13-20(29)14-7-9-23-10-8-14/h2-12,26H,13H2,1H3. The van der Waals surface area contributed by atoms with Gasteiger partial charge in [0.05, 0.1) is 17.6 Å². The molecule has 11 heteroatoms. The number of anilines is 1. The lowest BCUT2D eigenvalue weighted by atomic mass is 10.0. The summed E-state index contributed by atoms with van der Waals surface area (Å²) in [6.07, 6.45) is 3.01. The van der Waals surface area contributed by atoms with Crippen LogP contribution in [0.15, 0.2) is 71.9 Å². The summed E-state index contributed by atoms with van der Waals surface area (Å²) in [5, 5.41) is 12.2. The van der Waals surface area contributed by atoms with Gasteiger partial charge in [0.15, 0.2) is 5.78 Å². The van der Waals surface area contributed by atoms with E-state index in [2.05, 4.69) is 25.1 Å². The Morgan fingerprint density at radius 1 is 1.09 bits per heavy atom. The Labute approximate surface area is 189 Å². The van der Waals surface area contributed by atoms with Crippen molar-refractivity contribution in [2.75, 3.05) is 4.72 Å². The van der Waals surface area contributed by atoms with Gasteiger partial charge in [0.2, 0.25) is 5.82 Å². The first-order chi connectivity index (χ1) is 15.3. The fourth-order valence-electron chi connectivity index (χ4n) is 3.03. The van der Waals surface area contributed by atoms with E-state index in [9.17, 15) is 13.2 Å². The third-order valence-corrected chi connectivity index (χ3v) is 6.17. The Kier molecular flexibility index (Phi) is 5.97. The third kappa shape index (κ3) is 4.82. The van der Waals surface area contributed by atoms with Gasteiger partial charge in [-0.05, 0) is 53.2 Å². The smallest absolute Gasteiger partial charge is 0.261 e. The fraction of sp³-hybridized carbons (Fsp3) is 0.0952. The molecule has 0 bridgehead atoms. The average Bonchev–Trinajstić information content (AvgIpc) is 3.22. The predicted octanol–water partition coefficient (Wildman–Crippen LogP) is 3.15. The van der Waals surface area contributed by atoms with Gasteiger partial charge in [0.25, 0.3) is 10.0 Å². The number of ketones is 1. The summed E-state index contributed by atoms with van der Waals surface area (Å²) in [6, 6.07) is 14.1. The molecule has 1 N–H and O–H groups in total. The summed E-state index contributed by atoms with van der Waals surface area (Å²) in [5.74, 6) is 0.116. The highest BCUT2D eigenvalue weighted by Crippen LogP contribution is 2.26. The van der Waals surface area contributed by atoms with Crippen molar-refractivity contribution in [1.82, 2.24) is 25.2 Å². The summed E-state index contributed by atoms with van der Waals surface area (Å²) in [6.45, 7) is 0. The number of pyridine rings is 1. The topological polar surface area (TPSA) is 120 Å². The van der Waals surface area contributed by atoms with Crippen LogP contribution < -0.4 is 4.72 Å². The van der Waals surface area contributed by atoms with E-state index in [1.165, 1.54) is 35.4 Å². The lowest BCUT2D eigenvalue weighted by Crippen LogP contribution is -2.15. The van der Waals surface area contributed by atoms with Crippen LogP contribution >= 0.6 is 11.6 Å². The molecule has 0 amide bonds. The highest BCUT2D eigenvalue weighted by molar-refractivity contribution is 7.92. The molecule has 2 aromatic heterocycles. The van der Waals surface area contributed by atoms with Crippen molar-refractivity contribution in [2.45, 2.75) is 11.3 Å². The van der Waals surface area contributed by atoms with Gasteiger partial charge < -0.3 is 0 Å². The lowest BCUT2D eigenvalue weighted by molar-refractivity contribution is 0.0993. The second-order valence-electron chi connectivity index (χ2n) is 6.87. The zero-order valence-electron chi connectivity index (χ0n) is 16.8. The molecule has 0 spiro atoms. The van der Waals surface area contributed by atoms with Crippen LogP contribution in [0, 0.1) is 0 Å². The molecule has 4 rings (SSSR count). The van der Waals surface area contributed by atoms with Crippen LogP contribution in [-0.2, 0) is 23.5 Å². The number of halogens is 1. The summed E-state index contributed by atoms with van der Waals surface area (Å²) in [4.78, 5) is 17.9. The molecule has 9 nitrogen and oxygen atoms in total. The van der Waals surface area contributed by atoms with Crippen molar-refractivity contribution in [2.24, 2.45) is 7.05 Å². The van der Waals surface area contributed by atoms with Gasteiger partial charge in [0, 0.05) is 35.0 Å². The number of nitrogens with one attached hydrogen (secondary N) is 1. The molecule has 162 valence electrons.